The van der Waals surface area contributed by atoms with Gasteiger partial charge in [-0.2, -0.15) is 0 Å². The number of benzene rings is 2. The predicted molar refractivity (Wildman–Crippen MR) is 111 cm³/mol. The van der Waals surface area contributed by atoms with E-state index in [0.717, 1.165) is 5.56 Å². The number of aromatic carboxylic acids is 1. The molecule has 3 rings (SSSR count). The number of nitrogens with one attached hydrogen (secondary N) is 1. The molecule has 2 aromatic carbocycles. The highest BCUT2D eigenvalue weighted by Crippen LogP contribution is 2.32. The van der Waals surface area contributed by atoms with Crippen LogP contribution in [-0.4, -0.2) is 40.1 Å². The molecule has 7 nitrogen and oxygen atoms in total. The summed E-state index contributed by atoms with van der Waals surface area (Å²) in [6.45, 7) is 1.90. The summed E-state index contributed by atoms with van der Waals surface area (Å²) in [5, 5.41) is 13.9. The molecule has 150 valence electrons. The lowest BCUT2D eigenvalue weighted by Gasteiger charge is -2.10. The molecule has 1 N–H and O–H groups in total. The van der Waals surface area contributed by atoms with Crippen LogP contribution in [0.25, 0.3) is 0 Å². The Labute approximate surface area is 176 Å². The van der Waals surface area contributed by atoms with Crippen molar-refractivity contribution in [3.8, 4) is 0 Å². The summed E-state index contributed by atoms with van der Waals surface area (Å²) >= 11 is 7.24. The maximum Gasteiger partial charge on any atom is 0.242 e. The fourth-order valence-electron chi connectivity index (χ4n) is 2.67. The van der Waals surface area contributed by atoms with Gasteiger partial charge in [0.05, 0.1) is 11.7 Å². The monoisotopic (exact) mass is 430 g/mol. The number of amides is 2. The van der Waals surface area contributed by atoms with Crippen LogP contribution in [0.3, 0.4) is 0 Å². The van der Waals surface area contributed by atoms with Crippen molar-refractivity contribution in [1.29, 1.82) is 0 Å². The molecule has 0 saturated carbocycles. The van der Waals surface area contributed by atoms with E-state index in [2.05, 4.69) is 10.3 Å². The van der Waals surface area contributed by atoms with Gasteiger partial charge in [-0.1, -0.05) is 41.6 Å². The first-order valence-corrected chi connectivity index (χ1v) is 9.90. The number of nitrogens with zero attached hydrogens (tertiary/aromatic N) is 2. The van der Waals surface area contributed by atoms with Gasteiger partial charge in [0, 0.05) is 24.2 Å². The average Bonchev–Trinajstić information content (AvgIpc) is 2.93. The summed E-state index contributed by atoms with van der Waals surface area (Å²) in [4.78, 5) is 41.6. The molecule has 1 saturated heterocycles. The van der Waals surface area contributed by atoms with Crippen LogP contribution in [0.15, 0.2) is 47.5 Å². The fraction of sp³-hybridized carbons (Fsp3) is 0.200. The van der Waals surface area contributed by atoms with E-state index in [1.807, 2.05) is 13.0 Å². The molecule has 1 aliphatic rings. The molecule has 9 heteroatoms. The van der Waals surface area contributed by atoms with Gasteiger partial charge in [0.25, 0.3) is 0 Å². The van der Waals surface area contributed by atoms with Gasteiger partial charge >= 0.3 is 0 Å². The number of hydrogen-bond donors (Lipinski definition) is 1. The van der Waals surface area contributed by atoms with Gasteiger partial charge in [-0.05, 0) is 42.3 Å². The van der Waals surface area contributed by atoms with Gasteiger partial charge in [-0.15, -0.1) is 0 Å². The smallest absolute Gasteiger partial charge is 0.242 e. The van der Waals surface area contributed by atoms with Crippen LogP contribution in [0.1, 0.15) is 22.3 Å². The number of halogens is 1. The van der Waals surface area contributed by atoms with E-state index in [4.69, 9.17) is 11.6 Å². The maximum atomic E-state index is 12.5. The second-order valence-electron chi connectivity index (χ2n) is 6.45. The SMILES string of the molecule is Cc1ccc(Cl)cc1N=C1S[C@@H](CC(=O)Nc2ccc(C(=O)[O-])cc2)C(=O)N1C. The Balaban J connectivity index is 1.67. The van der Waals surface area contributed by atoms with E-state index in [9.17, 15) is 19.5 Å². The minimum Gasteiger partial charge on any atom is -0.545 e. The molecule has 2 aromatic rings. The molecule has 0 aromatic heterocycles. The Hall–Kier alpha value is -2.84. The van der Waals surface area contributed by atoms with Crippen molar-refractivity contribution >= 4 is 57.7 Å². The number of thioether (sulfide) groups is 1. The third-order valence-corrected chi connectivity index (χ3v) is 5.77. The first-order chi connectivity index (χ1) is 13.7. The van der Waals surface area contributed by atoms with Crippen molar-refractivity contribution in [2.45, 2.75) is 18.6 Å². The molecular formula is C20H17ClN3O4S-. The van der Waals surface area contributed by atoms with Crippen molar-refractivity contribution in [3.05, 3.63) is 58.6 Å². The Morgan fingerprint density at radius 1 is 1.24 bits per heavy atom. The molecule has 1 atom stereocenters. The zero-order valence-corrected chi connectivity index (χ0v) is 17.2. The lowest BCUT2D eigenvalue weighted by atomic mass is 10.2. The van der Waals surface area contributed by atoms with E-state index in [0.29, 0.717) is 21.6 Å². The third-order valence-electron chi connectivity index (χ3n) is 4.30. The van der Waals surface area contributed by atoms with E-state index >= 15 is 0 Å². The molecule has 2 amide bonds. The van der Waals surface area contributed by atoms with Gasteiger partial charge in [0.2, 0.25) is 11.8 Å². The summed E-state index contributed by atoms with van der Waals surface area (Å²) < 4.78 is 0. The number of hydrogen-bond acceptors (Lipinski definition) is 6. The molecule has 0 radical (unpaired) electrons. The highest BCUT2D eigenvalue weighted by atomic mass is 35.5. The molecular weight excluding hydrogens is 414 g/mol. The molecule has 0 bridgehead atoms. The number of carboxylic acids is 1. The summed E-state index contributed by atoms with van der Waals surface area (Å²) in [6, 6.07) is 10.9. The van der Waals surface area contributed by atoms with Crippen molar-refractivity contribution in [2.75, 3.05) is 12.4 Å². The average molecular weight is 431 g/mol. The standard InChI is InChI=1S/C20H18ClN3O4S/c1-11-3-6-13(21)9-15(11)23-20-24(2)18(26)16(29-20)10-17(25)22-14-7-4-12(5-8-14)19(27)28/h3-9,16H,10H2,1-2H3,(H,22,25)(H,27,28)/p-1/t16-/m0/s1. The maximum absolute atomic E-state index is 12.5. The van der Waals surface area contributed by atoms with E-state index in [-0.39, 0.29) is 23.8 Å². The number of rotatable bonds is 5. The van der Waals surface area contributed by atoms with Crippen LogP contribution >= 0.6 is 23.4 Å². The number of aryl methyl sites for hydroxylation is 1. The summed E-state index contributed by atoms with van der Waals surface area (Å²) in [7, 11) is 1.62. The van der Waals surface area contributed by atoms with Gasteiger partial charge in [-0.3, -0.25) is 14.5 Å². The Morgan fingerprint density at radius 2 is 1.93 bits per heavy atom. The molecule has 29 heavy (non-hydrogen) atoms. The summed E-state index contributed by atoms with van der Waals surface area (Å²) in [5.41, 5.74) is 2.04. The normalized spacial score (nSPS) is 17.6. The molecule has 0 aliphatic carbocycles. The van der Waals surface area contributed by atoms with Crippen molar-refractivity contribution in [3.63, 3.8) is 0 Å². The van der Waals surface area contributed by atoms with Crippen LogP contribution in [0.4, 0.5) is 11.4 Å². The first-order valence-electron chi connectivity index (χ1n) is 8.65. The van der Waals surface area contributed by atoms with Gasteiger partial charge in [0.1, 0.15) is 5.25 Å². The van der Waals surface area contributed by atoms with Crippen molar-refractivity contribution in [1.82, 2.24) is 4.90 Å². The Morgan fingerprint density at radius 3 is 2.59 bits per heavy atom. The number of carbonyl (C=O) groups is 3. The third kappa shape index (κ3) is 4.96. The zero-order chi connectivity index (χ0) is 21.1. The minimum absolute atomic E-state index is 0.0170. The first kappa shape index (κ1) is 20.9. The quantitative estimate of drug-likeness (QED) is 0.785. The highest BCUT2D eigenvalue weighted by molar-refractivity contribution is 8.15. The molecule has 1 heterocycles. The number of carboxylic acid groups (broad SMARTS) is 1. The summed E-state index contributed by atoms with van der Waals surface area (Å²) in [6.07, 6.45) is -0.0381. The number of carbonyl (C=O) groups excluding carboxylic acids is 3. The van der Waals surface area contributed by atoms with Gasteiger partial charge < -0.3 is 15.2 Å². The summed E-state index contributed by atoms with van der Waals surface area (Å²) in [5.74, 6) is -1.86. The minimum atomic E-state index is -1.29. The van der Waals surface area contributed by atoms with Crippen molar-refractivity contribution < 1.29 is 19.5 Å². The molecule has 1 aliphatic heterocycles. The lowest BCUT2D eigenvalue weighted by Crippen LogP contribution is -2.30. The van der Waals surface area contributed by atoms with E-state index in [1.165, 1.54) is 40.9 Å². The molecule has 0 unspecified atom stereocenters. The largest absolute Gasteiger partial charge is 0.545 e. The van der Waals surface area contributed by atoms with Crippen LogP contribution in [0.2, 0.25) is 5.02 Å². The zero-order valence-electron chi connectivity index (χ0n) is 15.6. The Bertz CT molecular complexity index is 1010. The second kappa shape index (κ2) is 8.67. The molecule has 0 spiro atoms. The Kier molecular flexibility index (Phi) is 6.24. The van der Waals surface area contributed by atoms with Gasteiger partial charge in [-0.25, -0.2) is 4.99 Å². The van der Waals surface area contributed by atoms with Crippen LogP contribution in [0.5, 0.6) is 0 Å². The predicted octanol–water partition coefficient (Wildman–Crippen LogP) is 2.60. The number of anilines is 1. The highest BCUT2D eigenvalue weighted by Gasteiger charge is 2.37. The second-order valence-corrected chi connectivity index (χ2v) is 8.05. The topological polar surface area (TPSA) is 102 Å². The molecule has 1 fully saturated rings. The van der Waals surface area contributed by atoms with Crippen LogP contribution in [-0.2, 0) is 9.59 Å². The van der Waals surface area contributed by atoms with Crippen LogP contribution < -0.4 is 10.4 Å². The number of amidine groups is 1. The van der Waals surface area contributed by atoms with Gasteiger partial charge in [0.15, 0.2) is 5.17 Å². The van der Waals surface area contributed by atoms with E-state index < -0.39 is 11.2 Å². The van der Waals surface area contributed by atoms with Crippen molar-refractivity contribution in [2.24, 2.45) is 4.99 Å². The lowest BCUT2D eigenvalue weighted by molar-refractivity contribution is -0.255. The van der Waals surface area contributed by atoms with E-state index in [1.54, 1.807) is 19.2 Å². The fourth-order valence-corrected chi connectivity index (χ4v) is 3.99. The number of aliphatic imine (C=N–C) groups is 1. The van der Waals surface area contributed by atoms with Crippen LogP contribution in [0, 0.1) is 6.92 Å².